The van der Waals surface area contributed by atoms with E-state index >= 15 is 0 Å². The standard InChI is InChI=1S/C16H15ClN4O4S/c1-9-12(16(23)20(2)19-9)15(22)11-5-4-10(8-26(24)25)14(13(11)17)21-7-3-6-18-21/h3-7,19H,8H2,1-2H3,(H,24,25)/p-1. The van der Waals surface area contributed by atoms with Crippen LogP contribution in [0.2, 0.25) is 5.02 Å². The molecule has 1 aromatic carbocycles. The summed E-state index contributed by atoms with van der Waals surface area (Å²) in [7, 11) is 1.51. The zero-order valence-electron chi connectivity index (χ0n) is 13.9. The van der Waals surface area contributed by atoms with Gasteiger partial charge >= 0.3 is 0 Å². The Bertz CT molecular complexity index is 1070. The summed E-state index contributed by atoms with van der Waals surface area (Å²) in [4.78, 5) is 25.1. The van der Waals surface area contributed by atoms with Crippen molar-refractivity contribution in [1.29, 1.82) is 0 Å². The van der Waals surface area contributed by atoms with Crippen LogP contribution in [0.3, 0.4) is 0 Å². The molecule has 0 bridgehead atoms. The van der Waals surface area contributed by atoms with E-state index in [2.05, 4.69) is 10.2 Å². The molecule has 2 heterocycles. The fraction of sp³-hybridized carbons (Fsp3) is 0.188. The lowest BCUT2D eigenvalue weighted by atomic mass is 10.0. The van der Waals surface area contributed by atoms with Crippen LogP contribution in [-0.2, 0) is 23.9 Å². The predicted molar refractivity (Wildman–Crippen MR) is 95.4 cm³/mol. The van der Waals surface area contributed by atoms with Crippen molar-refractivity contribution in [2.24, 2.45) is 7.05 Å². The van der Waals surface area contributed by atoms with Gasteiger partial charge in [-0.2, -0.15) is 5.10 Å². The highest BCUT2D eigenvalue weighted by molar-refractivity contribution is 7.78. The van der Waals surface area contributed by atoms with Crippen molar-refractivity contribution in [3.8, 4) is 5.69 Å². The van der Waals surface area contributed by atoms with Crippen LogP contribution < -0.4 is 5.56 Å². The van der Waals surface area contributed by atoms with E-state index in [9.17, 15) is 18.4 Å². The molecule has 0 aliphatic carbocycles. The first-order chi connectivity index (χ1) is 12.3. The number of nitrogens with zero attached hydrogens (tertiary/aromatic N) is 3. The maximum atomic E-state index is 12.9. The third-order valence-corrected chi connectivity index (χ3v) is 4.84. The molecule has 1 atom stereocenters. The number of aromatic amines is 1. The summed E-state index contributed by atoms with van der Waals surface area (Å²) in [5.74, 6) is -0.827. The first kappa shape index (κ1) is 18.3. The van der Waals surface area contributed by atoms with E-state index in [-0.39, 0.29) is 27.6 Å². The number of aromatic nitrogens is 4. The molecule has 136 valence electrons. The minimum atomic E-state index is -2.35. The van der Waals surface area contributed by atoms with E-state index in [4.69, 9.17) is 11.6 Å². The Hall–Kier alpha value is -2.49. The van der Waals surface area contributed by atoms with Gasteiger partial charge in [0.25, 0.3) is 5.56 Å². The number of rotatable bonds is 5. The van der Waals surface area contributed by atoms with Gasteiger partial charge in [-0.15, -0.1) is 0 Å². The lowest BCUT2D eigenvalue weighted by Gasteiger charge is -2.15. The molecule has 1 N–H and O–H groups in total. The van der Waals surface area contributed by atoms with Crippen LogP contribution in [0.15, 0.2) is 35.4 Å². The summed E-state index contributed by atoms with van der Waals surface area (Å²) in [5.41, 5.74) is 0.718. The van der Waals surface area contributed by atoms with Gasteiger partial charge in [0.15, 0.2) is 0 Å². The van der Waals surface area contributed by atoms with Crippen LogP contribution in [-0.4, -0.2) is 34.1 Å². The molecule has 0 aliphatic heterocycles. The van der Waals surface area contributed by atoms with Crippen LogP contribution in [0.5, 0.6) is 0 Å². The number of halogens is 1. The van der Waals surface area contributed by atoms with Crippen molar-refractivity contribution in [3.05, 3.63) is 68.4 Å². The van der Waals surface area contributed by atoms with Crippen LogP contribution in [0.1, 0.15) is 27.2 Å². The minimum absolute atomic E-state index is 0.0130. The quantitative estimate of drug-likeness (QED) is 0.521. The molecule has 0 radical (unpaired) electrons. The molecule has 10 heteroatoms. The number of hydrogen-bond acceptors (Lipinski definition) is 5. The molecule has 0 amide bonds. The van der Waals surface area contributed by atoms with Gasteiger partial charge in [0, 0.05) is 36.5 Å². The Morgan fingerprint density at radius 2 is 2.15 bits per heavy atom. The third kappa shape index (κ3) is 3.16. The van der Waals surface area contributed by atoms with Gasteiger partial charge in [0.2, 0.25) is 5.78 Å². The Labute approximate surface area is 155 Å². The van der Waals surface area contributed by atoms with Crippen molar-refractivity contribution in [1.82, 2.24) is 19.6 Å². The molecule has 0 saturated heterocycles. The maximum absolute atomic E-state index is 12.9. The second-order valence-corrected chi connectivity index (χ2v) is 6.91. The molecule has 1 unspecified atom stereocenters. The molecule has 3 rings (SSSR count). The number of aryl methyl sites for hydroxylation is 2. The summed E-state index contributed by atoms with van der Waals surface area (Å²) in [5, 5.41) is 6.87. The van der Waals surface area contributed by atoms with E-state index in [0.717, 1.165) is 0 Å². The van der Waals surface area contributed by atoms with Gasteiger partial charge in [0.05, 0.1) is 10.7 Å². The van der Waals surface area contributed by atoms with E-state index < -0.39 is 22.4 Å². The molecule has 0 fully saturated rings. The minimum Gasteiger partial charge on any atom is -0.772 e. The predicted octanol–water partition coefficient (Wildman–Crippen LogP) is 1.47. The Morgan fingerprint density at radius 1 is 1.42 bits per heavy atom. The van der Waals surface area contributed by atoms with Crippen molar-refractivity contribution in [3.63, 3.8) is 0 Å². The molecular formula is C16H14ClN4O4S-. The number of nitrogens with one attached hydrogen (secondary N) is 1. The van der Waals surface area contributed by atoms with Gasteiger partial charge in [-0.1, -0.05) is 28.7 Å². The number of ketones is 1. The summed E-state index contributed by atoms with van der Waals surface area (Å²) < 4.78 is 24.9. The topological polar surface area (TPSA) is 113 Å². The molecular weight excluding hydrogens is 380 g/mol. The lowest BCUT2D eigenvalue weighted by Crippen LogP contribution is -2.20. The Balaban J connectivity index is 2.21. The first-order valence-electron chi connectivity index (χ1n) is 7.48. The first-order valence-corrected chi connectivity index (χ1v) is 9.11. The monoisotopic (exact) mass is 393 g/mol. The van der Waals surface area contributed by atoms with Gasteiger partial charge in [-0.05, 0) is 24.6 Å². The second-order valence-electron chi connectivity index (χ2n) is 5.64. The highest BCUT2D eigenvalue weighted by Crippen LogP contribution is 2.30. The lowest BCUT2D eigenvalue weighted by molar-refractivity contribution is 0.103. The second kappa shape index (κ2) is 7.02. The van der Waals surface area contributed by atoms with Gasteiger partial charge in [0.1, 0.15) is 5.56 Å². The van der Waals surface area contributed by atoms with Crippen molar-refractivity contribution in [2.45, 2.75) is 12.7 Å². The zero-order valence-corrected chi connectivity index (χ0v) is 15.4. The number of benzene rings is 1. The largest absolute Gasteiger partial charge is 0.772 e. The molecule has 26 heavy (non-hydrogen) atoms. The van der Waals surface area contributed by atoms with E-state index in [1.54, 1.807) is 19.2 Å². The third-order valence-electron chi connectivity index (χ3n) is 3.91. The number of carbonyl (C=O) groups excluding carboxylic acids is 1. The van der Waals surface area contributed by atoms with Gasteiger partial charge in [-0.3, -0.25) is 23.6 Å². The zero-order chi connectivity index (χ0) is 19.0. The van der Waals surface area contributed by atoms with Crippen LogP contribution in [0.25, 0.3) is 5.69 Å². The number of hydrogen-bond donors (Lipinski definition) is 1. The average molecular weight is 394 g/mol. The van der Waals surface area contributed by atoms with Gasteiger partial charge < -0.3 is 4.55 Å². The molecule has 0 aliphatic rings. The highest BCUT2D eigenvalue weighted by Gasteiger charge is 2.24. The summed E-state index contributed by atoms with van der Waals surface area (Å²) in [6, 6.07) is 4.57. The summed E-state index contributed by atoms with van der Waals surface area (Å²) in [6.07, 6.45) is 3.10. The molecule has 0 saturated carbocycles. The number of H-pyrrole nitrogens is 1. The maximum Gasteiger partial charge on any atom is 0.277 e. The molecule has 0 spiro atoms. The van der Waals surface area contributed by atoms with E-state index in [0.29, 0.717) is 11.3 Å². The molecule has 8 nitrogen and oxygen atoms in total. The van der Waals surface area contributed by atoms with Gasteiger partial charge in [-0.25, -0.2) is 4.68 Å². The summed E-state index contributed by atoms with van der Waals surface area (Å²) >= 11 is 4.10. The SMILES string of the molecule is Cc1[nH]n(C)c(=O)c1C(=O)c1ccc(CS(=O)[O-])c(-n2cccn2)c1Cl. The fourth-order valence-corrected chi connectivity index (χ4v) is 3.60. The number of carbonyl (C=O) groups is 1. The Morgan fingerprint density at radius 3 is 2.69 bits per heavy atom. The smallest absolute Gasteiger partial charge is 0.277 e. The molecule has 3 aromatic rings. The molecule has 2 aromatic heterocycles. The van der Waals surface area contributed by atoms with Crippen molar-refractivity contribution >= 4 is 28.5 Å². The van der Waals surface area contributed by atoms with Crippen LogP contribution in [0, 0.1) is 6.92 Å². The van der Waals surface area contributed by atoms with E-state index in [1.807, 2.05) is 0 Å². The fourth-order valence-electron chi connectivity index (χ4n) is 2.76. The van der Waals surface area contributed by atoms with Crippen LogP contribution >= 0.6 is 11.6 Å². The van der Waals surface area contributed by atoms with Crippen molar-refractivity contribution < 1.29 is 13.6 Å². The van der Waals surface area contributed by atoms with Crippen LogP contribution in [0.4, 0.5) is 0 Å². The van der Waals surface area contributed by atoms with E-state index in [1.165, 1.54) is 34.7 Å². The van der Waals surface area contributed by atoms with Crippen molar-refractivity contribution in [2.75, 3.05) is 0 Å². The Kier molecular flexibility index (Phi) is 4.94. The average Bonchev–Trinajstić information content (AvgIpc) is 3.16. The normalized spacial score (nSPS) is 12.3. The highest BCUT2D eigenvalue weighted by atomic mass is 35.5. The summed E-state index contributed by atoms with van der Waals surface area (Å²) in [6.45, 7) is 1.62.